The smallest absolute Gasteiger partial charge is 0.263 e. The second-order valence-corrected chi connectivity index (χ2v) is 4.19. The second-order valence-electron chi connectivity index (χ2n) is 3.27. The van der Waals surface area contributed by atoms with E-state index in [1.54, 1.807) is 6.07 Å². The number of nitrogens with zero attached hydrogens (tertiary/aromatic N) is 2. The van der Waals surface area contributed by atoms with E-state index in [1.165, 1.54) is 12.4 Å². The summed E-state index contributed by atoms with van der Waals surface area (Å²) in [4.78, 5) is 19.1. The van der Waals surface area contributed by atoms with Crippen LogP contribution in [0.2, 0.25) is 0 Å². The lowest BCUT2D eigenvalue weighted by atomic mass is 10.2. The number of carbonyl (C=O) groups is 1. The monoisotopic (exact) mass is 313 g/mol. The van der Waals surface area contributed by atoms with Gasteiger partial charge in [0.15, 0.2) is 0 Å². The van der Waals surface area contributed by atoms with Gasteiger partial charge in [0.2, 0.25) is 5.95 Å². The lowest BCUT2D eigenvalue weighted by molar-refractivity contribution is 0.101. The van der Waals surface area contributed by atoms with Crippen molar-refractivity contribution in [2.24, 2.45) is 0 Å². The van der Waals surface area contributed by atoms with Gasteiger partial charge < -0.3 is 0 Å². The number of nitrogens with one attached hydrogen (secondary N) is 1. The molecule has 0 atom stereocenters. The summed E-state index contributed by atoms with van der Waals surface area (Å²) in [7, 11) is 0. The van der Waals surface area contributed by atoms with Crippen molar-refractivity contribution in [2.45, 2.75) is 0 Å². The summed E-state index contributed by atoms with van der Waals surface area (Å²) in [6, 6.07) is 3.56. The summed E-state index contributed by atoms with van der Waals surface area (Å²) >= 11 is 2.93. The first-order valence-corrected chi connectivity index (χ1v) is 5.60. The molecule has 0 fully saturated rings. The zero-order valence-electron chi connectivity index (χ0n) is 8.82. The summed E-state index contributed by atoms with van der Waals surface area (Å²) in [5.41, 5.74) is -0.675. The summed E-state index contributed by atoms with van der Waals surface area (Å²) in [5, 5.41) is 2.20. The summed E-state index contributed by atoms with van der Waals surface area (Å²) in [5.74, 6) is -2.89. The Morgan fingerprint density at radius 3 is 2.28 bits per heavy atom. The topological polar surface area (TPSA) is 54.9 Å². The largest absolute Gasteiger partial charge is 0.290 e. The Bertz CT molecular complexity index is 569. The van der Waals surface area contributed by atoms with Crippen molar-refractivity contribution in [3.63, 3.8) is 0 Å². The molecule has 4 nitrogen and oxygen atoms in total. The van der Waals surface area contributed by atoms with Crippen molar-refractivity contribution in [3.8, 4) is 0 Å². The van der Waals surface area contributed by atoms with Crippen LogP contribution in [-0.4, -0.2) is 15.9 Å². The molecule has 1 aromatic carbocycles. The Labute approximate surface area is 109 Å². The van der Waals surface area contributed by atoms with Crippen LogP contribution >= 0.6 is 15.9 Å². The molecule has 0 bridgehead atoms. The number of aromatic nitrogens is 2. The van der Waals surface area contributed by atoms with Gasteiger partial charge in [-0.3, -0.25) is 10.1 Å². The van der Waals surface area contributed by atoms with E-state index in [1.807, 2.05) is 0 Å². The van der Waals surface area contributed by atoms with Crippen LogP contribution in [0.25, 0.3) is 0 Å². The Hall–Kier alpha value is -1.89. The van der Waals surface area contributed by atoms with Crippen LogP contribution < -0.4 is 5.32 Å². The number of hydrogen-bond donors (Lipinski definition) is 1. The van der Waals surface area contributed by atoms with E-state index in [4.69, 9.17) is 0 Å². The van der Waals surface area contributed by atoms with Crippen LogP contribution in [0.4, 0.5) is 14.7 Å². The molecule has 1 N–H and O–H groups in total. The van der Waals surface area contributed by atoms with E-state index in [2.05, 4.69) is 31.2 Å². The Morgan fingerprint density at radius 2 is 1.72 bits per heavy atom. The van der Waals surface area contributed by atoms with Crippen LogP contribution in [0, 0.1) is 11.6 Å². The molecular weight excluding hydrogens is 308 g/mol. The normalized spacial score (nSPS) is 10.2. The van der Waals surface area contributed by atoms with Crippen molar-refractivity contribution >= 4 is 27.8 Å². The average Bonchev–Trinajstić information content (AvgIpc) is 2.28. The molecule has 0 radical (unpaired) electrons. The van der Waals surface area contributed by atoms with Gasteiger partial charge in [-0.05, 0) is 18.2 Å². The molecule has 0 aliphatic carbocycles. The average molecular weight is 314 g/mol. The lowest BCUT2D eigenvalue weighted by Crippen LogP contribution is -2.17. The third-order valence-electron chi connectivity index (χ3n) is 2.03. The minimum atomic E-state index is -0.963. The predicted molar refractivity (Wildman–Crippen MR) is 64.0 cm³/mol. The van der Waals surface area contributed by atoms with Gasteiger partial charge in [-0.15, -0.1) is 0 Å². The molecule has 0 saturated heterocycles. The van der Waals surface area contributed by atoms with E-state index in [0.717, 1.165) is 12.1 Å². The number of rotatable bonds is 2. The Kier molecular flexibility index (Phi) is 3.61. The van der Waals surface area contributed by atoms with Gasteiger partial charge in [0.25, 0.3) is 5.91 Å². The summed E-state index contributed by atoms with van der Waals surface area (Å²) < 4.78 is 27.2. The van der Waals surface area contributed by atoms with Gasteiger partial charge in [0, 0.05) is 16.9 Å². The molecule has 0 unspecified atom stereocenters. The van der Waals surface area contributed by atoms with Crippen LogP contribution in [0.3, 0.4) is 0 Å². The number of carbonyl (C=O) groups excluding carboxylic acids is 1. The fraction of sp³-hybridized carbons (Fsp3) is 0. The van der Waals surface area contributed by atoms with E-state index >= 15 is 0 Å². The molecule has 2 rings (SSSR count). The van der Waals surface area contributed by atoms with Gasteiger partial charge in [-0.1, -0.05) is 15.9 Å². The second kappa shape index (κ2) is 5.18. The maximum atomic E-state index is 13.5. The standard InChI is InChI=1S/C11H6BrF2N3O/c12-6-4-7(13)9(8(14)5-6)10(18)17-11-15-2-1-3-16-11/h1-5H,(H,15,16,17,18). The first-order chi connectivity index (χ1) is 8.58. The number of benzene rings is 1. The molecule has 1 heterocycles. The molecule has 18 heavy (non-hydrogen) atoms. The van der Waals surface area contributed by atoms with Gasteiger partial charge in [-0.2, -0.15) is 0 Å². The molecule has 0 saturated carbocycles. The highest BCUT2D eigenvalue weighted by Gasteiger charge is 2.19. The molecule has 1 amide bonds. The van der Waals surface area contributed by atoms with E-state index in [9.17, 15) is 13.6 Å². The predicted octanol–water partition coefficient (Wildman–Crippen LogP) is 2.77. The minimum Gasteiger partial charge on any atom is -0.290 e. The van der Waals surface area contributed by atoms with Crippen LogP contribution in [0.1, 0.15) is 10.4 Å². The minimum absolute atomic E-state index is 0.0239. The third-order valence-corrected chi connectivity index (χ3v) is 2.48. The fourth-order valence-electron chi connectivity index (χ4n) is 1.29. The van der Waals surface area contributed by atoms with E-state index in [-0.39, 0.29) is 10.4 Å². The van der Waals surface area contributed by atoms with Crippen molar-refractivity contribution < 1.29 is 13.6 Å². The summed E-state index contributed by atoms with van der Waals surface area (Å²) in [6.07, 6.45) is 2.80. The maximum absolute atomic E-state index is 13.5. The highest BCUT2D eigenvalue weighted by molar-refractivity contribution is 9.10. The number of halogens is 3. The summed E-state index contributed by atoms with van der Waals surface area (Å²) in [6.45, 7) is 0. The van der Waals surface area contributed by atoms with Gasteiger partial charge >= 0.3 is 0 Å². The van der Waals surface area contributed by atoms with Gasteiger partial charge in [-0.25, -0.2) is 18.7 Å². The molecular formula is C11H6BrF2N3O. The van der Waals surface area contributed by atoms with Gasteiger partial charge in [0.05, 0.1) is 0 Å². The van der Waals surface area contributed by atoms with Crippen molar-refractivity contribution in [1.29, 1.82) is 0 Å². The Morgan fingerprint density at radius 1 is 1.17 bits per heavy atom. The zero-order valence-corrected chi connectivity index (χ0v) is 10.4. The van der Waals surface area contributed by atoms with Gasteiger partial charge in [0.1, 0.15) is 17.2 Å². The molecule has 1 aromatic heterocycles. The highest BCUT2D eigenvalue weighted by Crippen LogP contribution is 2.20. The van der Waals surface area contributed by atoms with Crippen molar-refractivity contribution in [3.05, 3.63) is 52.3 Å². The Balaban J connectivity index is 2.30. The maximum Gasteiger partial charge on any atom is 0.263 e. The first kappa shape index (κ1) is 12.6. The SMILES string of the molecule is O=C(Nc1ncccn1)c1c(F)cc(Br)cc1F. The van der Waals surface area contributed by atoms with Crippen LogP contribution in [0.5, 0.6) is 0 Å². The van der Waals surface area contributed by atoms with Crippen LogP contribution in [-0.2, 0) is 0 Å². The molecule has 0 aliphatic rings. The molecule has 0 spiro atoms. The van der Waals surface area contributed by atoms with Crippen molar-refractivity contribution in [1.82, 2.24) is 9.97 Å². The highest BCUT2D eigenvalue weighted by atomic mass is 79.9. The molecule has 7 heteroatoms. The lowest BCUT2D eigenvalue weighted by Gasteiger charge is -2.05. The molecule has 2 aromatic rings. The number of anilines is 1. The quantitative estimate of drug-likeness (QED) is 0.927. The zero-order chi connectivity index (χ0) is 13.1. The number of amides is 1. The third kappa shape index (κ3) is 2.67. The number of hydrogen-bond acceptors (Lipinski definition) is 3. The molecule has 92 valence electrons. The van der Waals surface area contributed by atoms with E-state index < -0.39 is 23.1 Å². The fourth-order valence-corrected chi connectivity index (χ4v) is 1.69. The van der Waals surface area contributed by atoms with Crippen molar-refractivity contribution in [2.75, 3.05) is 5.32 Å². The first-order valence-electron chi connectivity index (χ1n) is 4.81. The van der Waals surface area contributed by atoms with Crippen LogP contribution in [0.15, 0.2) is 35.1 Å². The molecule has 0 aliphatic heterocycles. The van der Waals surface area contributed by atoms with E-state index in [0.29, 0.717) is 0 Å².